The fourth-order valence-electron chi connectivity index (χ4n) is 8.92. The van der Waals surface area contributed by atoms with Crippen molar-refractivity contribution in [3.8, 4) is 0 Å². The zero-order chi connectivity index (χ0) is 50.3. The SMILES string of the molecule is CCCCCCCCCC/C=C/CCCCCC(=O)O[C@@H](COC(=O)CCCCCCCCCCCCCCCCCCCC)CO[C@@H]1O[C@H](CO[C@@H]2O[C@H](CO)[C@H](O)C(O)C2O)[C@H](O)C(O)C1O. The molecule has 0 bridgehead atoms. The van der Waals surface area contributed by atoms with Crippen LogP contribution in [0.2, 0.25) is 0 Å². The molecule has 2 heterocycles. The Balaban J connectivity index is 1.77. The van der Waals surface area contributed by atoms with E-state index in [1.54, 1.807) is 0 Å². The van der Waals surface area contributed by atoms with Crippen LogP contribution < -0.4 is 0 Å². The molecule has 2 fully saturated rings. The van der Waals surface area contributed by atoms with Crippen LogP contribution in [-0.2, 0) is 38.0 Å². The maximum absolute atomic E-state index is 13.0. The summed E-state index contributed by atoms with van der Waals surface area (Å²) in [7, 11) is 0. The molecule has 0 amide bonds. The molecule has 2 rings (SSSR count). The largest absolute Gasteiger partial charge is 0.462 e. The summed E-state index contributed by atoms with van der Waals surface area (Å²) in [6.45, 7) is 2.61. The molecule has 11 atom stereocenters. The Hall–Kier alpha value is -1.76. The van der Waals surface area contributed by atoms with Crippen LogP contribution in [-0.4, -0.2) is 142 Å². The molecular weight excluding hydrogens is 889 g/mol. The summed E-state index contributed by atoms with van der Waals surface area (Å²) >= 11 is 0. The first-order chi connectivity index (χ1) is 33.5. The second kappa shape index (κ2) is 41.7. The third kappa shape index (κ3) is 29.5. The number of rotatable bonds is 44. The van der Waals surface area contributed by atoms with E-state index < -0.39 is 92.7 Å². The van der Waals surface area contributed by atoms with Gasteiger partial charge >= 0.3 is 11.9 Å². The number of aliphatic hydroxyl groups is 7. The summed E-state index contributed by atoms with van der Waals surface area (Å²) in [6, 6.07) is 0. The minimum Gasteiger partial charge on any atom is -0.462 e. The Morgan fingerprint density at radius 1 is 0.449 bits per heavy atom. The van der Waals surface area contributed by atoms with Gasteiger partial charge in [0.2, 0.25) is 0 Å². The number of carbonyl (C=O) groups is 2. The molecule has 15 heteroatoms. The van der Waals surface area contributed by atoms with Gasteiger partial charge in [0.25, 0.3) is 0 Å². The Morgan fingerprint density at radius 2 is 0.826 bits per heavy atom. The molecule has 7 N–H and O–H groups in total. The lowest BCUT2D eigenvalue weighted by molar-refractivity contribution is -0.332. The van der Waals surface area contributed by atoms with Gasteiger partial charge < -0.3 is 64.2 Å². The second-order valence-electron chi connectivity index (χ2n) is 19.8. The maximum atomic E-state index is 13.0. The highest BCUT2D eigenvalue weighted by Gasteiger charge is 2.47. The van der Waals surface area contributed by atoms with Crippen molar-refractivity contribution >= 4 is 11.9 Å². The molecule has 0 spiro atoms. The summed E-state index contributed by atoms with van der Waals surface area (Å²) < 4.78 is 33.6. The lowest BCUT2D eigenvalue weighted by atomic mass is 9.98. The minimum atomic E-state index is -1.76. The number of unbranched alkanes of at least 4 members (excludes halogenated alkanes) is 28. The summed E-state index contributed by atoms with van der Waals surface area (Å²) in [5.74, 6) is -0.930. The number of ether oxygens (including phenoxy) is 6. The first kappa shape index (κ1) is 63.4. The van der Waals surface area contributed by atoms with E-state index in [2.05, 4.69) is 26.0 Å². The Bertz CT molecular complexity index is 1250. The van der Waals surface area contributed by atoms with Crippen LogP contribution in [0.15, 0.2) is 12.2 Å². The van der Waals surface area contributed by atoms with Gasteiger partial charge in [0.05, 0.1) is 19.8 Å². The summed E-state index contributed by atoms with van der Waals surface area (Å²) in [5.41, 5.74) is 0. The van der Waals surface area contributed by atoms with Gasteiger partial charge in [0.15, 0.2) is 18.7 Å². The van der Waals surface area contributed by atoms with Crippen molar-refractivity contribution in [1.82, 2.24) is 0 Å². The molecule has 2 aliphatic heterocycles. The first-order valence-corrected chi connectivity index (χ1v) is 27.8. The van der Waals surface area contributed by atoms with E-state index in [4.69, 9.17) is 28.4 Å². The zero-order valence-corrected chi connectivity index (χ0v) is 43.1. The van der Waals surface area contributed by atoms with Gasteiger partial charge in [-0.15, -0.1) is 0 Å². The van der Waals surface area contributed by atoms with Gasteiger partial charge in [-0.1, -0.05) is 187 Å². The van der Waals surface area contributed by atoms with E-state index in [-0.39, 0.29) is 26.1 Å². The van der Waals surface area contributed by atoms with Crippen molar-refractivity contribution in [3.63, 3.8) is 0 Å². The molecule has 0 radical (unpaired) electrons. The molecular formula is C54H100O15. The van der Waals surface area contributed by atoms with E-state index in [0.717, 1.165) is 44.9 Å². The molecule has 406 valence electrons. The van der Waals surface area contributed by atoms with Crippen LogP contribution in [0, 0.1) is 0 Å². The number of carbonyl (C=O) groups excluding carboxylic acids is 2. The summed E-state index contributed by atoms with van der Waals surface area (Å²) in [4.78, 5) is 25.8. The molecule has 4 unspecified atom stereocenters. The molecule has 0 aromatic carbocycles. The van der Waals surface area contributed by atoms with E-state index in [1.165, 1.54) is 141 Å². The summed E-state index contributed by atoms with van der Waals surface area (Å²) in [5, 5.41) is 72.2. The van der Waals surface area contributed by atoms with Crippen molar-refractivity contribution < 1.29 is 73.8 Å². The molecule has 0 aliphatic carbocycles. The Kier molecular flexibility index (Phi) is 38.3. The number of allylic oxidation sites excluding steroid dienone is 2. The number of hydrogen-bond donors (Lipinski definition) is 7. The number of hydrogen-bond acceptors (Lipinski definition) is 15. The lowest BCUT2D eigenvalue weighted by Crippen LogP contribution is -2.61. The van der Waals surface area contributed by atoms with Gasteiger partial charge in [-0.2, -0.15) is 0 Å². The molecule has 0 saturated carbocycles. The van der Waals surface area contributed by atoms with E-state index in [0.29, 0.717) is 12.8 Å². The topological polar surface area (TPSA) is 231 Å². The highest BCUT2D eigenvalue weighted by molar-refractivity contribution is 5.70. The molecule has 2 saturated heterocycles. The third-order valence-corrected chi connectivity index (χ3v) is 13.5. The van der Waals surface area contributed by atoms with Crippen molar-refractivity contribution in [2.75, 3.05) is 26.4 Å². The normalized spacial score (nSPS) is 25.6. The second-order valence-corrected chi connectivity index (χ2v) is 19.8. The van der Waals surface area contributed by atoms with Crippen LogP contribution in [0.4, 0.5) is 0 Å². The van der Waals surface area contributed by atoms with Gasteiger partial charge in [0, 0.05) is 12.8 Å². The number of esters is 2. The summed E-state index contributed by atoms with van der Waals surface area (Å²) in [6.07, 6.45) is 25.2. The third-order valence-electron chi connectivity index (χ3n) is 13.5. The zero-order valence-electron chi connectivity index (χ0n) is 43.1. The highest BCUT2D eigenvalue weighted by atomic mass is 16.7. The molecule has 15 nitrogen and oxygen atoms in total. The lowest BCUT2D eigenvalue weighted by Gasteiger charge is -2.42. The van der Waals surface area contributed by atoms with Crippen molar-refractivity contribution in [2.24, 2.45) is 0 Å². The highest BCUT2D eigenvalue weighted by Crippen LogP contribution is 2.27. The monoisotopic (exact) mass is 989 g/mol. The van der Waals surface area contributed by atoms with Gasteiger partial charge in [-0.3, -0.25) is 9.59 Å². The standard InChI is InChI=1S/C54H100O15/c1-3-5-7-9-11-13-15-17-19-20-21-23-24-26-28-30-32-34-36-45(56)64-39-42(67-46(57)37-35-33-31-29-27-25-22-18-16-14-12-10-8-6-4-2)40-65-53-52(63)50(61)48(59)44(69-53)41-66-54-51(62)49(60)47(58)43(38-55)68-54/h25,27,42-44,47-55,58-63H,3-24,26,28-41H2,1-2H3/b27-25+/t42-,43+,44+,47-,48-,49?,50?,51?,52?,53+,54+/m0/s1. The number of aliphatic hydroxyl groups excluding tert-OH is 7. The predicted octanol–water partition coefficient (Wildman–Crippen LogP) is 8.55. The molecule has 0 aromatic heterocycles. The average molecular weight is 989 g/mol. The predicted molar refractivity (Wildman–Crippen MR) is 266 cm³/mol. The quantitative estimate of drug-likeness (QED) is 0.0172. The average Bonchev–Trinajstić information content (AvgIpc) is 3.34. The maximum Gasteiger partial charge on any atom is 0.306 e. The van der Waals surface area contributed by atoms with Crippen LogP contribution in [0.5, 0.6) is 0 Å². The smallest absolute Gasteiger partial charge is 0.306 e. The molecule has 2 aliphatic rings. The van der Waals surface area contributed by atoms with E-state index in [1.807, 2.05) is 0 Å². The van der Waals surface area contributed by atoms with Gasteiger partial charge in [-0.25, -0.2) is 0 Å². The van der Waals surface area contributed by atoms with Crippen LogP contribution >= 0.6 is 0 Å². The van der Waals surface area contributed by atoms with Crippen molar-refractivity contribution in [3.05, 3.63) is 12.2 Å². The Morgan fingerprint density at radius 3 is 1.29 bits per heavy atom. The fourth-order valence-corrected chi connectivity index (χ4v) is 8.92. The van der Waals surface area contributed by atoms with Gasteiger partial charge in [0.1, 0.15) is 55.4 Å². The van der Waals surface area contributed by atoms with Crippen molar-refractivity contribution in [2.45, 2.75) is 293 Å². The molecule has 0 aromatic rings. The van der Waals surface area contributed by atoms with Crippen LogP contribution in [0.3, 0.4) is 0 Å². The minimum absolute atomic E-state index is 0.149. The Labute approximate surface area is 416 Å². The van der Waals surface area contributed by atoms with E-state index in [9.17, 15) is 45.3 Å². The fraction of sp³-hybridized carbons (Fsp3) is 0.926. The van der Waals surface area contributed by atoms with Crippen LogP contribution in [0.1, 0.15) is 226 Å². The van der Waals surface area contributed by atoms with Crippen LogP contribution in [0.25, 0.3) is 0 Å². The first-order valence-electron chi connectivity index (χ1n) is 27.8. The van der Waals surface area contributed by atoms with Gasteiger partial charge in [-0.05, 0) is 38.5 Å². The van der Waals surface area contributed by atoms with Crippen molar-refractivity contribution in [1.29, 1.82) is 0 Å². The molecule has 69 heavy (non-hydrogen) atoms. The van der Waals surface area contributed by atoms with E-state index >= 15 is 0 Å².